The normalized spacial score (nSPS) is 16.9. The summed E-state index contributed by atoms with van der Waals surface area (Å²) in [4.78, 5) is 4.36. The molecular formula is C23H33N3O2. The van der Waals surface area contributed by atoms with E-state index in [1.54, 1.807) is 0 Å². The number of nitrogens with one attached hydrogen (secondary N) is 2. The number of rotatable bonds is 8. The molecule has 2 N–H and O–H groups in total. The van der Waals surface area contributed by atoms with E-state index in [2.05, 4.69) is 65.0 Å². The van der Waals surface area contributed by atoms with E-state index >= 15 is 0 Å². The van der Waals surface area contributed by atoms with Gasteiger partial charge in [0.1, 0.15) is 0 Å². The van der Waals surface area contributed by atoms with Crippen molar-refractivity contribution in [2.24, 2.45) is 10.9 Å². The zero-order chi connectivity index (χ0) is 19.6. The topological polar surface area (TPSA) is 54.9 Å². The lowest BCUT2D eigenvalue weighted by atomic mass is 10.00. The van der Waals surface area contributed by atoms with Crippen molar-refractivity contribution in [1.29, 1.82) is 0 Å². The summed E-state index contributed by atoms with van der Waals surface area (Å²) in [5.74, 6) is 1.49. The van der Waals surface area contributed by atoms with E-state index in [0.717, 1.165) is 58.2 Å². The molecule has 5 nitrogen and oxygen atoms in total. The largest absolute Gasteiger partial charge is 0.381 e. The van der Waals surface area contributed by atoms with Crippen molar-refractivity contribution < 1.29 is 9.47 Å². The van der Waals surface area contributed by atoms with Crippen molar-refractivity contribution in [1.82, 2.24) is 10.6 Å². The summed E-state index contributed by atoms with van der Waals surface area (Å²) in [5, 5.41) is 9.44. The number of guanidine groups is 1. The number of ether oxygens (including phenoxy) is 2. The first-order chi connectivity index (χ1) is 13.8. The maximum atomic E-state index is 5.83. The minimum absolute atomic E-state index is 0.169. The number of nitrogens with zero attached hydrogens (tertiary/aromatic N) is 1. The lowest BCUT2D eigenvalue weighted by Crippen LogP contribution is -2.39. The molecule has 2 aromatic carbocycles. The molecule has 0 amide bonds. The van der Waals surface area contributed by atoms with Crippen LogP contribution in [0.5, 0.6) is 0 Å². The zero-order valence-electron chi connectivity index (χ0n) is 17.1. The molecule has 28 heavy (non-hydrogen) atoms. The summed E-state index contributed by atoms with van der Waals surface area (Å²) < 4.78 is 11.2. The summed E-state index contributed by atoms with van der Waals surface area (Å²) in [6.07, 6.45) is 3.22. The monoisotopic (exact) mass is 383 g/mol. The van der Waals surface area contributed by atoms with E-state index < -0.39 is 0 Å². The lowest BCUT2D eigenvalue weighted by molar-refractivity contribution is 0.0203. The molecule has 0 aromatic heterocycles. The van der Waals surface area contributed by atoms with Crippen LogP contribution in [0.25, 0.3) is 10.8 Å². The molecule has 0 spiro atoms. The highest BCUT2D eigenvalue weighted by molar-refractivity contribution is 5.87. The van der Waals surface area contributed by atoms with Crippen LogP contribution in [0.3, 0.4) is 0 Å². The third kappa shape index (κ3) is 5.94. The molecule has 1 atom stereocenters. The highest BCUT2D eigenvalue weighted by Gasteiger charge is 2.13. The van der Waals surface area contributed by atoms with Gasteiger partial charge in [0.15, 0.2) is 5.96 Å². The van der Waals surface area contributed by atoms with Gasteiger partial charge in [-0.25, -0.2) is 0 Å². The summed E-state index contributed by atoms with van der Waals surface area (Å²) in [7, 11) is 1.81. The van der Waals surface area contributed by atoms with Gasteiger partial charge in [0.2, 0.25) is 0 Å². The summed E-state index contributed by atoms with van der Waals surface area (Å²) in [6.45, 7) is 6.41. The van der Waals surface area contributed by atoms with Crippen LogP contribution >= 0.6 is 0 Å². The third-order valence-corrected chi connectivity index (χ3v) is 5.32. The van der Waals surface area contributed by atoms with E-state index in [4.69, 9.17) is 9.47 Å². The fourth-order valence-corrected chi connectivity index (χ4v) is 3.65. The van der Waals surface area contributed by atoms with Crippen molar-refractivity contribution in [3.05, 3.63) is 48.0 Å². The van der Waals surface area contributed by atoms with Crippen molar-refractivity contribution in [2.45, 2.75) is 32.2 Å². The van der Waals surface area contributed by atoms with Crippen molar-refractivity contribution in [3.8, 4) is 0 Å². The first kappa shape index (κ1) is 20.6. The van der Waals surface area contributed by atoms with Gasteiger partial charge >= 0.3 is 0 Å². The maximum Gasteiger partial charge on any atom is 0.191 e. The van der Waals surface area contributed by atoms with Crippen molar-refractivity contribution in [2.75, 3.05) is 40.0 Å². The van der Waals surface area contributed by atoms with Crippen LogP contribution in [0.4, 0.5) is 0 Å². The summed E-state index contributed by atoms with van der Waals surface area (Å²) in [6, 6.07) is 15.1. The van der Waals surface area contributed by atoms with E-state index in [1.165, 1.54) is 16.3 Å². The Balaban J connectivity index is 1.40. The Labute approximate surface area is 168 Å². The fourth-order valence-electron chi connectivity index (χ4n) is 3.65. The average molecular weight is 384 g/mol. The summed E-state index contributed by atoms with van der Waals surface area (Å²) in [5.41, 5.74) is 1.28. The predicted octanol–water partition coefficient (Wildman–Crippen LogP) is 3.90. The molecular weight excluding hydrogens is 350 g/mol. The van der Waals surface area contributed by atoms with Gasteiger partial charge < -0.3 is 20.1 Å². The predicted molar refractivity (Wildman–Crippen MR) is 116 cm³/mol. The van der Waals surface area contributed by atoms with Crippen LogP contribution in [0.15, 0.2) is 47.5 Å². The molecule has 2 aromatic rings. The van der Waals surface area contributed by atoms with E-state index in [9.17, 15) is 0 Å². The molecule has 1 saturated heterocycles. The molecule has 0 saturated carbocycles. The standard InChI is InChI=1S/C23H33N3O2/c1-18(21-10-5-8-20-7-3-4-9-22(20)21)26-23(24-2)25-13-6-14-28-17-19-11-15-27-16-12-19/h3-5,7-10,18-19H,6,11-17H2,1-2H3,(H2,24,25,26). The minimum Gasteiger partial charge on any atom is -0.381 e. The van der Waals surface area contributed by atoms with Crippen LogP contribution in [0, 0.1) is 5.92 Å². The van der Waals surface area contributed by atoms with Gasteiger partial charge in [-0.2, -0.15) is 0 Å². The van der Waals surface area contributed by atoms with Crippen LogP contribution in [0.2, 0.25) is 0 Å². The number of fused-ring (bicyclic) bond motifs is 1. The molecule has 1 aliphatic heterocycles. The maximum absolute atomic E-state index is 5.83. The van der Waals surface area contributed by atoms with E-state index in [0.29, 0.717) is 5.92 Å². The number of benzene rings is 2. The molecule has 1 fully saturated rings. The van der Waals surface area contributed by atoms with E-state index in [1.807, 2.05) is 7.05 Å². The van der Waals surface area contributed by atoms with Crippen LogP contribution in [-0.2, 0) is 9.47 Å². The second-order valence-electron chi connectivity index (χ2n) is 7.42. The minimum atomic E-state index is 0.169. The molecule has 0 bridgehead atoms. The molecule has 152 valence electrons. The molecule has 1 heterocycles. The Kier molecular flexibility index (Phi) is 8.12. The fraction of sp³-hybridized carbons (Fsp3) is 0.522. The number of hydrogen-bond donors (Lipinski definition) is 2. The molecule has 5 heteroatoms. The molecule has 1 aliphatic rings. The van der Waals surface area contributed by atoms with Gasteiger partial charge in [-0.05, 0) is 48.4 Å². The van der Waals surface area contributed by atoms with Gasteiger partial charge in [0.05, 0.1) is 6.04 Å². The van der Waals surface area contributed by atoms with Crippen molar-refractivity contribution >= 4 is 16.7 Å². The average Bonchev–Trinajstić information content (AvgIpc) is 2.75. The van der Waals surface area contributed by atoms with Gasteiger partial charge in [-0.3, -0.25) is 4.99 Å². The quantitative estimate of drug-likeness (QED) is 0.412. The Morgan fingerprint density at radius 2 is 1.96 bits per heavy atom. The Bertz CT molecular complexity index is 751. The zero-order valence-corrected chi connectivity index (χ0v) is 17.1. The smallest absolute Gasteiger partial charge is 0.191 e. The van der Waals surface area contributed by atoms with E-state index in [-0.39, 0.29) is 6.04 Å². The van der Waals surface area contributed by atoms with Gasteiger partial charge in [0.25, 0.3) is 0 Å². The molecule has 3 rings (SSSR count). The highest BCUT2D eigenvalue weighted by atomic mass is 16.5. The SMILES string of the molecule is CN=C(NCCCOCC1CCOCC1)NC(C)c1cccc2ccccc12. The van der Waals surface area contributed by atoms with Crippen LogP contribution in [-0.4, -0.2) is 46.0 Å². The van der Waals surface area contributed by atoms with Crippen LogP contribution in [0.1, 0.15) is 37.8 Å². The Hall–Kier alpha value is -2.11. The van der Waals surface area contributed by atoms with Crippen molar-refractivity contribution in [3.63, 3.8) is 0 Å². The first-order valence-corrected chi connectivity index (χ1v) is 10.4. The lowest BCUT2D eigenvalue weighted by Gasteiger charge is -2.22. The first-order valence-electron chi connectivity index (χ1n) is 10.4. The van der Waals surface area contributed by atoms with Crippen LogP contribution < -0.4 is 10.6 Å². The number of hydrogen-bond acceptors (Lipinski definition) is 3. The second-order valence-corrected chi connectivity index (χ2v) is 7.42. The molecule has 1 unspecified atom stereocenters. The summed E-state index contributed by atoms with van der Waals surface area (Å²) >= 11 is 0. The third-order valence-electron chi connectivity index (χ3n) is 5.32. The second kappa shape index (κ2) is 11.0. The van der Waals surface area contributed by atoms with Gasteiger partial charge in [-0.1, -0.05) is 42.5 Å². The van der Waals surface area contributed by atoms with Gasteiger partial charge in [0, 0.05) is 40.0 Å². The van der Waals surface area contributed by atoms with Gasteiger partial charge in [-0.15, -0.1) is 0 Å². The Morgan fingerprint density at radius 3 is 2.79 bits per heavy atom. The molecule has 0 radical (unpaired) electrons. The Morgan fingerprint density at radius 1 is 1.18 bits per heavy atom. The molecule has 0 aliphatic carbocycles. The number of aliphatic imine (C=N–C) groups is 1. The highest BCUT2D eigenvalue weighted by Crippen LogP contribution is 2.23.